The van der Waals surface area contributed by atoms with Gasteiger partial charge in [-0.2, -0.15) is 0 Å². The van der Waals surface area contributed by atoms with E-state index in [-0.39, 0.29) is 5.82 Å². The Morgan fingerprint density at radius 3 is 2.37 bits per heavy atom. The predicted octanol–water partition coefficient (Wildman–Crippen LogP) is 4.44. The highest BCUT2D eigenvalue weighted by Gasteiger charge is 2.20. The van der Waals surface area contributed by atoms with Crippen LogP contribution >= 0.6 is 0 Å². The molecule has 1 aromatic carbocycles. The fourth-order valence-corrected chi connectivity index (χ4v) is 2.95. The maximum absolute atomic E-state index is 12.9. The maximum atomic E-state index is 12.9. The molecular formula is C17H26FN. The third kappa shape index (κ3) is 4.61. The van der Waals surface area contributed by atoms with Gasteiger partial charge in [0.15, 0.2) is 0 Å². The zero-order valence-electron chi connectivity index (χ0n) is 12.2. The number of hydrogen-bond acceptors (Lipinski definition) is 1. The summed E-state index contributed by atoms with van der Waals surface area (Å²) >= 11 is 0. The number of piperidine rings is 1. The molecule has 0 unspecified atom stereocenters. The molecule has 2 heteroatoms. The summed E-state index contributed by atoms with van der Waals surface area (Å²) in [6, 6.07) is 7.08. The molecule has 1 fully saturated rings. The Balaban J connectivity index is 1.74. The normalized spacial score (nSPS) is 18.1. The van der Waals surface area contributed by atoms with Gasteiger partial charge in [0, 0.05) is 0 Å². The summed E-state index contributed by atoms with van der Waals surface area (Å²) in [7, 11) is 0. The van der Waals surface area contributed by atoms with Crippen LogP contribution in [0, 0.1) is 11.7 Å². The summed E-state index contributed by atoms with van der Waals surface area (Å²) in [5.74, 6) is 1.31. The van der Waals surface area contributed by atoms with Gasteiger partial charge in [0.2, 0.25) is 0 Å². The van der Waals surface area contributed by atoms with Crippen molar-refractivity contribution in [3.8, 4) is 0 Å². The fraction of sp³-hybridized carbons (Fsp3) is 0.647. The average molecular weight is 263 g/mol. The number of likely N-dealkylation sites (tertiary alicyclic amines) is 1. The van der Waals surface area contributed by atoms with Crippen LogP contribution in [0.2, 0.25) is 0 Å². The third-order valence-electron chi connectivity index (χ3n) is 4.18. The van der Waals surface area contributed by atoms with Gasteiger partial charge >= 0.3 is 0 Å². The molecule has 0 radical (unpaired) electrons. The van der Waals surface area contributed by atoms with Crippen LogP contribution in [0.1, 0.15) is 51.0 Å². The van der Waals surface area contributed by atoms with Crippen LogP contribution < -0.4 is 0 Å². The Morgan fingerprint density at radius 2 is 1.79 bits per heavy atom. The van der Waals surface area contributed by atoms with Gasteiger partial charge < -0.3 is 4.90 Å². The lowest BCUT2D eigenvalue weighted by Gasteiger charge is -2.32. The van der Waals surface area contributed by atoms with E-state index < -0.39 is 0 Å². The summed E-state index contributed by atoms with van der Waals surface area (Å²) in [5.41, 5.74) is 1.31. The zero-order valence-corrected chi connectivity index (χ0v) is 12.2. The second kappa shape index (κ2) is 7.04. The highest BCUT2D eigenvalue weighted by atomic mass is 19.1. The van der Waals surface area contributed by atoms with E-state index >= 15 is 0 Å². The van der Waals surface area contributed by atoms with Gasteiger partial charge in [-0.15, -0.1) is 0 Å². The number of nitrogens with zero attached hydrogens (tertiary/aromatic N) is 1. The minimum atomic E-state index is -0.130. The van der Waals surface area contributed by atoms with Gasteiger partial charge in [-0.05, 0) is 74.8 Å². The molecule has 19 heavy (non-hydrogen) atoms. The standard InChI is InChI=1S/C17H26FN/c1-14(2)4-3-11-19-12-9-16(10-13-19)15-5-7-17(18)8-6-15/h5-8,14,16H,3-4,9-13H2,1-2H3. The highest BCUT2D eigenvalue weighted by molar-refractivity contribution is 5.21. The molecule has 0 saturated carbocycles. The average Bonchev–Trinajstić information content (AvgIpc) is 2.40. The Hall–Kier alpha value is -0.890. The Labute approximate surface area is 116 Å². The first-order valence-corrected chi connectivity index (χ1v) is 7.63. The van der Waals surface area contributed by atoms with E-state index in [1.54, 1.807) is 12.1 Å². The first kappa shape index (κ1) is 14.5. The molecule has 1 nitrogen and oxygen atoms in total. The number of halogens is 1. The lowest BCUT2D eigenvalue weighted by atomic mass is 9.89. The summed E-state index contributed by atoms with van der Waals surface area (Å²) < 4.78 is 12.9. The van der Waals surface area contributed by atoms with Crippen LogP contribution in [0.4, 0.5) is 4.39 Å². The van der Waals surface area contributed by atoms with Crippen LogP contribution in [0.25, 0.3) is 0 Å². The van der Waals surface area contributed by atoms with Gasteiger partial charge in [0.1, 0.15) is 5.82 Å². The lowest BCUT2D eigenvalue weighted by molar-refractivity contribution is 0.206. The first-order chi connectivity index (χ1) is 9.15. The second-order valence-corrected chi connectivity index (χ2v) is 6.20. The van der Waals surface area contributed by atoms with Gasteiger partial charge in [0.25, 0.3) is 0 Å². The molecule has 106 valence electrons. The summed E-state index contributed by atoms with van der Waals surface area (Å²) in [5, 5.41) is 0. The molecule has 0 aromatic heterocycles. The molecule has 1 saturated heterocycles. The van der Waals surface area contributed by atoms with Crippen LogP contribution in [-0.4, -0.2) is 24.5 Å². The molecule has 2 rings (SSSR count). The third-order valence-corrected chi connectivity index (χ3v) is 4.18. The molecule has 0 atom stereocenters. The Kier molecular flexibility index (Phi) is 5.38. The molecule has 1 aliphatic rings. The van der Waals surface area contributed by atoms with Gasteiger partial charge in [0.05, 0.1) is 0 Å². The van der Waals surface area contributed by atoms with E-state index in [4.69, 9.17) is 0 Å². The van der Waals surface area contributed by atoms with Crippen LogP contribution in [0.3, 0.4) is 0 Å². The smallest absolute Gasteiger partial charge is 0.123 e. The molecule has 0 aliphatic carbocycles. The molecule has 1 aromatic rings. The van der Waals surface area contributed by atoms with Crippen molar-refractivity contribution >= 4 is 0 Å². The summed E-state index contributed by atoms with van der Waals surface area (Å²) in [6.07, 6.45) is 5.08. The molecular weight excluding hydrogens is 237 g/mol. The van der Waals surface area contributed by atoms with Crippen molar-refractivity contribution in [2.45, 2.75) is 45.4 Å². The van der Waals surface area contributed by atoms with E-state index in [0.29, 0.717) is 5.92 Å². The number of rotatable bonds is 5. The molecule has 1 aliphatic heterocycles. The van der Waals surface area contributed by atoms with Gasteiger partial charge in [-0.3, -0.25) is 0 Å². The quantitative estimate of drug-likeness (QED) is 0.759. The molecule has 0 spiro atoms. The second-order valence-electron chi connectivity index (χ2n) is 6.20. The van der Waals surface area contributed by atoms with Gasteiger partial charge in [-0.1, -0.05) is 26.0 Å². The van der Waals surface area contributed by atoms with Crippen LogP contribution in [0.5, 0.6) is 0 Å². The van der Waals surface area contributed by atoms with Crippen LogP contribution in [-0.2, 0) is 0 Å². The predicted molar refractivity (Wildman–Crippen MR) is 78.9 cm³/mol. The topological polar surface area (TPSA) is 3.24 Å². The van der Waals surface area contributed by atoms with Crippen LogP contribution in [0.15, 0.2) is 24.3 Å². The van der Waals surface area contributed by atoms with E-state index in [1.807, 2.05) is 12.1 Å². The molecule has 0 N–H and O–H groups in total. The zero-order chi connectivity index (χ0) is 13.7. The van der Waals surface area contributed by atoms with Crippen molar-refractivity contribution in [3.05, 3.63) is 35.6 Å². The van der Waals surface area contributed by atoms with Crippen molar-refractivity contribution < 1.29 is 4.39 Å². The minimum absolute atomic E-state index is 0.130. The lowest BCUT2D eigenvalue weighted by Crippen LogP contribution is -2.33. The van der Waals surface area contributed by atoms with Crippen molar-refractivity contribution in [1.29, 1.82) is 0 Å². The molecule has 1 heterocycles. The minimum Gasteiger partial charge on any atom is -0.303 e. The SMILES string of the molecule is CC(C)CCCN1CCC(c2ccc(F)cc2)CC1. The Bertz CT molecular complexity index is 363. The maximum Gasteiger partial charge on any atom is 0.123 e. The van der Waals surface area contributed by atoms with Crippen molar-refractivity contribution in [3.63, 3.8) is 0 Å². The summed E-state index contributed by atoms with van der Waals surface area (Å²) in [4.78, 5) is 2.59. The fourth-order valence-electron chi connectivity index (χ4n) is 2.95. The summed E-state index contributed by atoms with van der Waals surface area (Å²) in [6.45, 7) is 8.22. The largest absolute Gasteiger partial charge is 0.303 e. The number of benzene rings is 1. The van der Waals surface area contributed by atoms with Crippen molar-refractivity contribution in [1.82, 2.24) is 4.90 Å². The monoisotopic (exact) mass is 263 g/mol. The van der Waals surface area contributed by atoms with E-state index in [1.165, 1.54) is 50.9 Å². The van der Waals surface area contributed by atoms with E-state index in [9.17, 15) is 4.39 Å². The van der Waals surface area contributed by atoms with Crippen molar-refractivity contribution in [2.24, 2.45) is 5.92 Å². The molecule has 0 amide bonds. The first-order valence-electron chi connectivity index (χ1n) is 7.63. The van der Waals surface area contributed by atoms with E-state index in [0.717, 1.165) is 5.92 Å². The number of hydrogen-bond donors (Lipinski definition) is 0. The highest BCUT2D eigenvalue weighted by Crippen LogP contribution is 2.28. The Morgan fingerprint density at radius 1 is 1.16 bits per heavy atom. The van der Waals surface area contributed by atoms with Gasteiger partial charge in [-0.25, -0.2) is 4.39 Å². The molecule has 0 bridgehead atoms. The van der Waals surface area contributed by atoms with E-state index in [2.05, 4.69) is 18.7 Å². The van der Waals surface area contributed by atoms with Crippen molar-refractivity contribution in [2.75, 3.05) is 19.6 Å².